The first-order chi connectivity index (χ1) is 11.9. The van der Waals surface area contributed by atoms with Crippen molar-refractivity contribution in [2.75, 3.05) is 6.79 Å². The van der Waals surface area contributed by atoms with Crippen LogP contribution in [0.15, 0.2) is 59.4 Å². The zero-order valence-corrected chi connectivity index (χ0v) is 12.5. The van der Waals surface area contributed by atoms with E-state index in [-0.39, 0.29) is 6.79 Å². The van der Waals surface area contributed by atoms with E-state index in [0.717, 1.165) is 22.9 Å². The van der Waals surface area contributed by atoms with Crippen molar-refractivity contribution in [1.82, 2.24) is 19.7 Å². The minimum absolute atomic E-state index is 0.251. The third-order valence-electron chi connectivity index (χ3n) is 3.87. The van der Waals surface area contributed by atoms with Crippen molar-refractivity contribution in [3.63, 3.8) is 0 Å². The Morgan fingerprint density at radius 2 is 1.88 bits per heavy atom. The number of hydrogen-bond donors (Lipinski definition) is 1. The topological polar surface area (TPSA) is 78.1 Å². The van der Waals surface area contributed by atoms with E-state index < -0.39 is 0 Å². The highest BCUT2D eigenvalue weighted by Gasteiger charge is 2.17. The van der Waals surface area contributed by atoms with Crippen LogP contribution in [0, 0.1) is 0 Å². The fourth-order valence-electron chi connectivity index (χ4n) is 2.73. The highest BCUT2D eigenvalue weighted by Crippen LogP contribution is 2.35. The van der Waals surface area contributed by atoms with Gasteiger partial charge >= 0.3 is 0 Å². The summed E-state index contributed by atoms with van der Waals surface area (Å²) in [4.78, 5) is 4.42. The maximum absolute atomic E-state index is 5.92. The average Bonchev–Trinajstić information content (AvgIpc) is 3.41. The van der Waals surface area contributed by atoms with E-state index in [1.807, 2.05) is 47.2 Å². The normalized spacial score (nSPS) is 12.7. The smallest absolute Gasteiger partial charge is 0.231 e. The summed E-state index contributed by atoms with van der Waals surface area (Å²) in [6, 6.07) is 11.4. The fourth-order valence-corrected chi connectivity index (χ4v) is 2.73. The summed E-state index contributed by atoms with van der Waals surface area (Å²) < 4.78 is 18.7. The molecule has 5 rings (SSSR count). The van der Waals surface area contributed by atoms with E-state index in [9.17, 15) is 0 Å². The molecule has 0 aliphatic carbocycles. The molecule has 7 heteroatoms. The van der Waals surface area contributed by atoms with E-state index in [4.69, 9.17) is 13.9 Å². The number of H-pyrrole nitrogens is 1. The van der Waals surface area contributed by atoms with Gasteiger partial charge in [-0.15, -0.1) is 0 Å². The summed E-state index contributed by atoms with van der Waals surface area (Å²) in [5.41, 5.74) is 1.74. The van der Waals surface area contributed by atoms with Crippen molar-refractivity contribution in [3.8, 4) is 40.2 Å². The molecule has 1 aromatic carbocycles. The molecule has 0 spiro atoms. The number of benzene rings is 1. The van der Waals surface area contributed by atoms with Gasteiger partial charge in [-0.25, -0.2) is 4.98 Å². The molecule has 0 atom stereocenters. The molecule has 1 N–H and O–H groups in total. The van der Waals surface area contributed by atoms with Crippen LogP contribution >= 0.6 is 0 Å². The molecule has 7 nitrogen and oxygen atoms in total. The maximum Gasteiger partial charge on any atom is 0.231 e. The van der Waals surface area contributed by atoms with Crippen LogP contribution in [0.2, 0.25) is 0 Å². The van der Waals surface area contributed by atoms with Gasteiger partial charge in [-0.1, -0.05) is 0 Å². The number of aromatic nitrogens is 4. The quantitative estimate of drug-likeness (QED) is 0.627. The van der Waals surface area contributed by atoms with E-state index in [1.165, 1.54) is 0 Å². The number of rotatable bonds is 3. The van der Waals surface area contributed by atoms with Crippen LogP contribution in [0.3, 0.4) is 0 Å². The van der Waals surface area contributed by atoms with Gasteiger partial charge in [0.15, 0.2) is 28.8 Å². The number of fused-ring (bicyclic) bond motifs is 1. The van der Waals surface area contributed by atoms with Gasteiger partial charge in [0, 0.05) is 24.7 Å². The maximum atomic E-state index is 5.92. The number of imidazole rings is 1. The van der Waals surface area contributed by atoms with Crippen LogP contribution in [0.5, 0.6) is 11.5 Å². The second-order valence-corrected chi connectivity index (χ2v) is 5.29. The van der Waals surface area contributed by atoms with Gasteiger partial charge in [0.05, 0.1) is 5.69 Å². The zero-order chi connectivity index (χ0) is 15.9. The molecule has 0 fully saturated rings. The molecule has 3 aromatic heterocycles. The molecular formula is C17H12N4O3. The van der Waals surface area contributed by atoms with Crippen LogP contribution in [0.1, 0.15) is 0 Å². The molecule has 4 aromatic rings. The monoisotopic (exact) mass is 320 g/mol. The minimum atomic E-state index is 0.251. The van der Waals surface area contributed by atoms with E-state index in [2.05, 4.69) is 15.2 Å². The molecule has 0 radical (unpaired) electrons. The second kappa shape index (κ2) is 5.02. The Labute approximate surface area is 136 Å². The Bertz CT molecular complexity index is 1000. The molecule has 1 aliphatic rings. The van der Waals surface area contributed by atoms with Gasteiger partial charge in [0.25, 0.3) is 0 Å². The Kier molecular flexibility index (Phi) is 2.72. The van der Waals surface area contributed by atoms with E-state index >= 15 is 0 Å². The van der Waals surface area contributed by atoms with Crippen LogP contribution < -0.4 is 9.47 Å². The van der Waals surface area contributed by atoms with Crippen molar-refractivity contribution in [2.45, 2.75) is 0 Å². The van der Waals surface area contributed by atoms with Crippen LogP contribution in [0.25, 0.3) is 28.7 Å². The first-order valence-electron chi connectivity index (χ1n) is 7.42. The molecule has 0 saturated heterocycles. The Morgan fingerprint density at radius 1 is 0.958 bits per heavy atom. The number of nitrogens with zero attached hydrogens (tertiary/aromatic N) is 3. The summed E-state index contributed by atoms with van der Waals surface area (Å²) in [7, 11) is 0. The average molecular weight is 320 g/mol. The zero-order valence-electron chi connectivity index (χ0n) is 12.5. The second-order valence-electron chi connectivity index (χ2n) is 5.29. The van der Waals surface area contributed by atoms with Crippen molar-refractivity contribution < 1.29 is 13.9 Å². The summed E-state index contributed by atoms with van der Waals surface area (Å²) in [6.45, 7) is 0.251. The van der Waals surface area contributed by atoms with E-state index in [1.54, 1.807) is 12.4 Å². The third kappa shape index (κ3) is 1.98. The molecule has 0 saturated carbocycles. The molecule has 4 heterocycles. The SMILES string of the molecule is c1cc(-c2ccc(-c3nccn3-c3ccc4c(c3)OCO4)o2)[nH]n1. The lowest BCUT2D eigenvalue weighted by Crippen LogP contribution is -1.95. The van der Waals surface area contributed by atoms with Crippen molar-refractivity contribution in [2.24, 2.45) is 0 Å². The van der Waals surface area contributed by atoms with Crippen molar-refractivity contribution in [1.29, 1.82) is 0 Å². The van der Waals surface area contributed by atoms with Gasteiger partial charge in [-0.3, -0.25) is 9.67 Å². The minimum Gasteiger partial charge on any atom is -0.454 e. The number of ether oxygens (including phenoxy) is 2. The first-order valence-corrected chi connectivity index (χ1v) is 7.42. The summed E-state index contributed by atoms with van der Waals surface area (Å²) >= 11 is 0. The molecule has 0 unspecified atom stereocenters. The van der Waals surface area contributed by atoms with Crippen LogP contribution in [-0.4, -0.2) is 26.5 Å². The Balaban J connectivity index is 1.56. The fraction of sp³-hybridized carbons (Fsp3) is 0.0588. The van der Waals surface area contributed by atoms with Crippen LogP contribution in [-0.2, 0) is 0 Å². The molecule has 1 aliphatic heterocycles. The first kappa shape index (κ1) is 13.0. The predicted octanol–water partition coefficient (Wildman–Crippen LogP) is 3.25. The number of furan rings is 1. The summed E-state index contributed by atoms with van der Waals surface area (Å²) in [5, 5.41) is 6.82. The summed E-state index contributed by atoms with van der Waals surface area (Å²) in [5.74, 6) is 3.56. The highest BCUT2D eigenvalue weighted by molar-refractivity contribution is 5.61. The Hall–Kier alpha value is -3.48. The molecule has 0 bridgehead atoms. The van der Waals surface area contributed by atoms with Gasteiger partial charge in [-0.05, 0) is 30.3 Å². The lowest BCUT2D eigenvalue weighted by Gasteiger charge is -2.07. The standard InChI is InChI=1S/C17H12N4O3/c1-2-14-16(23-10-22-14)9-11(1)21-8-7-18-17(21)15-4-3-13(24-15)12-5-6-19-20-12/h1-9H,10H2,(H,19,20). The summed E-state index contributed by atoms with van der Waals surface area (Å²) in [6.07, 6.45) is 5.30. The largest absolute Gasteiger partial charge is 0.454 e. The molecule has 0 amide bonds. The van der Waals surface area contributed by atoms with Crippen LogP contribution in [0.4, 0.5) is 0 Å². The molecule has 24 heavy (non-hydrogen) atoms. The highest BCUT2D eigenvalue weighted by atomic mass is 16.7. The van der Waals surface area contributed by atoms with Gasteiger partial charge in [0.2, 0.25) is 6.79 Å². The van der Waals surface area contributed by atoms with Gasteiger partial charge in [0.1, 0.15) is 5.69 Å². The van der Waals surface area contributed by atoms with E-state index in [0.29, 0.717) is 17.3 Å². The lowest BCUT2D eigenvalue weighted by molar-refractivity contribution is 0.174. The number of hydrogen-bond acceptors (Lipinski definition) is 5. The predicted molar refractivity (Wildman–Crippen MR) is 85.0 cm³/mol. The van der Waals surface area contributed by atoms with Gasteiger partial charge < -0.3 is 13.9 Å². The molecule has 118 valence electrons. The Morgan fingerprint density at radius 3 is 2.79 bits per heavy atom. The van der Waals surface area contributed by atoms with Crippen molar-refractivity contribution >= 4 is 0 Å². The molecular weight excluding hydrogens is 308 g/mol. The third-order valence-corrected chi connectivity index (χ3v) is 3.87. The van der Waals surface area contributed by atoms with Crippen molar-refractivity contribution in [3.05, 3.63) is 55.0 Å². The van der Waals surface area contributed by atoms with Gasteiger partial charge in [-0.2, -0.15) is 5.10 Å². The lowest BCUT2D eigenvalue weighted by atomic mass is 10.2. The number of nitrogens with one attached hydrogen (secondary N) is 1. The number of aromatic amines is 1.